The molecule has 8 heteroatoms. The molecule has 0 bridgehead atoms. The summed E-state index contributed by atoms with van der Waals surface area (Å²) in [5.41, 5.74) is 2.75. The Balaban J connectivity index is 1.60. The number of aryl methyl sites for hydroxylation is 1. The van der Waals surface area contributed by atoms with Crippen molar-refractivity contribution < 1.29 is 9.84 Å². The highest BCUT2D eigenvalue weighted by Gasteiger charge is 2.07. The topological polar surface area (TPSA) is 82.5 Å². The molecule has 1 heterocycles. The van der Waals surface area contributed by atoms with E-state index < -0.39 is 6.10 Å². The Morgan fingerprint density at radius 2 is 1.73 bits per heavy atom. The number of hydrogen-bond donors (Lipinski definition) is 3. The zero-order chi connectivity index (χ0) is 21.5. The maximum atomic E-state index is 9.89. The molecule has 1 aromatic heterocycles. The minimum absolute atomic E-state index is 0.243. The van der Waals surface area contributed by atoms with Crippen LogP contribution in [0.5, 0.6) is 5.75 Å². The Hall–Kier alpha value is -2.87. The van der Waals surface area contributed by atoms with E-state index in [9.17, 15) is 5.11 Å². The molecule has 0 amide bonds. The summed E-state index contributed by atoms with van der Waals surface area (Å²) in [4.78, 5) is 10.4. The second kappa shape index (κ2) is 10.2. The molecule has 3 rings (SSSR count). The maximum absolute atomic E-state index is 9.89. The van der Waals surface area contributed by atoms with Crippen molar-refractivity contribution in [1.82, 2.24) is 14.9 Å². The highest BCUT2D eigenvalue weighted by Crippen LogP contribution is 2.27. The Morgan fingerprint density at radius 3 is 2.43 bits per heavy atom. The Bertz CT molecular complexity index is 966. The molecule has 0 aliphatic rings. The number of aliphatic hydroxyl groups excluding tert-OH is 1. The van der Waals surface area contributed by atoms with Crippen LogP contribution in [-0.2, 0) is 0 Å². The molecule has 2 aromatic carbocycles. The van der Waals surface area contributed by atoms with Gasteiger partial charge in [0.2, 0.25) is 0 Å². The minimum atomic E-state index is -0.536. The van der Waals surface area contributed by atoms with Gasteiger partial charge in [-0.2, -0.15) is 0 Å². The van der Waals surface area contributed by atoms with Crippen LogP contribution in [0, 0.1) is 6.92 Å². The number of nitrogens with zero attached hydrogens (tertiary/aromatic N) is 3. The quantitative estimate of drug-likeness (QED) is 0.471. The van der Waals surface area contributed by atoms with Gasteiger partial charge >= 0.3 is 0 Å². The standard InChI is InChI=1S/C22H26ClN5O2/c1-15-4-9-19(23)20(10-15)27-22-11-21(24-14-25-22)26-16-5-7-18(8-6-16)30-13-17(29)12-28(2)3/h4-11,14,17,29H,12-13H2,1-3H3,(H2,24,25,26,27). The van der Waals surface area contributed by atoms with Crippen LogP contribution in [-0.4, -0.2) is 53.3 Å². The molecule has 7 nitrogen and oxygen atoms in total. The van der Waals surface area contributed by atoms with Gasteiger partial charge in [0.25, 0.3) is 0 Å². The van der Waals surface area contributed by atoms with E-state index in [1.165, 1.54) is 6.33 Å². The zero-order valence-corrected chi connectivity index (χ0v) is 18.0. The lowest BCUT2D eigenvalue weighted by molar-refractivity contribution is 0.0831. The van der Waals surface area contributed by atoms with Gasteiger partial charge in [0, 0.05) is 18.3 Å². The van der Waals surface area contributed by atoms with Crippen molar-refractivity contribution in [3.63, 3.8) is 0 Å². The van der Waals surface area contributed by atoms with Gasteiger partial charge in [-0.25, -0.2) is 9.97 Å². The number of benzene rings is 2. The fraction of sp³-hybridized carbons (Fsp3) is 0.273. The van der Waals surface area contributed by atoms with E-state index in [0.717, 1.165) is 16.9 Å². The fourth-order valence-electron chi connectivity index (χ4n) is 2.82. The first-order valence-corrected chi connectivity index (χ1v) is 9.95. The molecule has 0 radical (unpaired) electrons. The van der Waals surface area contributed by atoms with Crippen molar-refractivity contribution in [3.05, 3.63) is 65.4 Å². The van der Waals surface area contributed by atoms with Crippen LogP contribution in [0.2, 0.25) is 5.02 Å². The maximum Gasteiger partial charge on any atom is 0.135 e. The lowest BCUT2D eigenvalue weighted by Gasteiger charge is -2.16. The largest absolute Gasteiger partial charge is 0.491 e. The van der Waals surface area contributed by atoms with Crippen LogP contribution in [0.4, 0.5) is 23.0 Å². The normalized spacial score (nSPS) is 11.9. The summed E-state index contributed by atoms with van der Waals surface area (Å²) in [6.45, 7) is 2.80. The molecule has 0 spiro atoms. The molecule has 0 saturated heterocycles. The van der Waals surface area contributed by atoms with Crippen LogP contribution in [0.15, 0.2) is 54.9 Å². The average molecular weight is 428 g/mol. The SMILES string of the molecule is Cc1ccc(Cl)c(Nc2cc(Nc3ccc(OCC(O)CN(C)C)cc3)ncn2)c1. The van der Waals surface area contributed by atoms with E-state index >= 15 is 0 Å². The van der Waals surface area contributed by atoms with Gasteiger partial charge in [-0.1, -0.05) is 17.7 Å². The molecule has 3 aromatic rings. The van der Waals surface area contributed by atoms with E-state index in [1.807, 2.05) is 68.4 Å². The lowest BCUT2D eigenvalue weighted by Crippen LogP contribution is -2.30. The van der Waals surface area contributed by atoms with Crippen molar-refractivity contribution in [2.45, 2.75) is 13.0 Å². The van der Waals surface area contributed by atoms with E-state index in [1.54, 1.807) is 6.07 Å². The summed E-state index contributed by atoms with van der Waals surface area (Å²) in [5, 5.41) is 17.0. The van der Waals surface area contributed by atoms with E-state index in [0.29, 0.717) is 29.0 Å². The van der Waals surface area contributed by atoms with Gasteiger partial charge in [-0.15, -0.1) is 0 Å². The third kappa shape index (κ3) is 6.59. The summed E-state index contributed by atoms with van der Waals surface area (Å²) < 4.78 is 5.63. The van der Waals surface area contributed by atoms with Crippen LogP contribution < -0.4 is 15.4 Å². The smallest absolute Gasteiger partial charge is 0.135 e. The Morgan fingerprint density at radius 1 is 1.03 bits per heavy atom. The predicted molar refractivity (Wildman–Crippen MR) is 121 cm³/mol. The van der Waals surface area contributed by atoms with Crippen LogP contribution in [0.25, 0.3) is 0 Å². The molecule has 0 aliphatic carbocycles. The molecule has 158 valence electrons. The van der Waals surface area contributed by atoms with E-state index in [4.69, 9.17) is 16.3 Å². The van der Waals surface area contributed by atoms with Crippen LogP contribution in [0.1, 0.15) is 5.56 Å². The summed E-state index contributed by atoms with van der Waals surface area (Å²) in [6, 6.07) is 15.0. The van der Waals surface area contributed by atoms with Gasteiger partial charge in [-0.05, 0) is 63.0 Å². The number of hydrogen-bond acceptors (Lipinski definition) is 7. The minimum Gasteiger partial charge on any atom is -0.491 e. The first-order valence-electron chi connectivity index (χ1n) is 9.57. The fourth-order valence-corrected chi connectivity index (χ4v) is 2.98. The monoisotopic (exact) mass is 427 g/mol. The predicted octanol–water partition coefficient (Wildman–Crippen LogP) is 4.23. The highest BCUT2D eigenvalue weighted by atomic mass is 35.5. The van der Waals surface area contributed by atoms with Gasteiger partial charge in [0.05, 0.1) is 10.7 Å². The number of aromatic nitrogens is 2. The number of anilines is 4. The highest BCUT2D eigenvalue weighted by molar-refractivity contribution is 6.33. The van der Waals surface area contributed by atoms with Crippen LogP contribution >= 0.6 is 11.6 Å². The third-order valence-corrected chi connectivity index (χ3v) is 4.53. The first-order chi connectivity index (χ1) is 14.4. The Kier molecular flexibility index (Phi) is 7.46. The van der Waals surface area contributed by atoms with Gasteiger partial charge < -0.3 is 25.4 Å². The molecular weight excluding hydrogens is 402 g/mol. The average Bonchev–Trinajstić information content (AvgIpc) is 2.70. The summed E-state index contributed by atoms with van der Waals surface area (Å²) in [5.74, 6) is 1.97. The zero-order valence-electron chi connectivity index (χ0n) is 17.3. The van der Waals surface area contributed by atoms with E-state index in [2.05, 4.69) is 20.6 Å². The number of rotatable bonds is 9. The van der Waals surface area contributed by atoms with Crippen molar-refractivity contribution >= 4 is 34.6 Å². The lowest BCUT2D eigenvalue weighted by atomic mass is 10.2. The molecule has 1 atom stereocenters. The third-order valence-electron chi connectivity index (χ3n) is 4.20. The van der Waals surface area contributed by atoms with Gasteiger partial charge in [-0.3, -0.25) is 0 Å². The van der Waals surface area contributed by atoms with Crippen molar-refractivity contribution in [2.75, 3.05) is 37.9 Å². The number of aliphatic hydroxyl groups is 1. The van der Waals surface area contributed by atoms with Gasteiger partial charge in [0.15, 0.2) is 0 Å². The number of nitrogens with one attached hydrogen (secondary N) is 2. The molecule has 0 fully saturated rings. The number of likely N-dealkylation sites (N-methyl/N-ethyl adjacent to an activating group) is 1. The molecule has 0 saturated carbocycles. The molecule has 1 unspecified atom stereocenters. The summed E-state index contributed by atoms with van der Waals surface area (Å²) in [7, 11) is 3.82. The van der Waals surface area contributed by atoms with Crippen molar-refractivity contribution in [2.24, 2.45) is 0 Å². The summed E-state index contributed by atoms with van der Waals surface area (Å²) in [6.07, 6.45) is 0.949. The van der Waals surface area contributed by atoms with Crippen molar-refractivity contribution in [3.8, 4) is 5.75 Å². The molecule has 0 aliphatic heterocycles. The second-order valence-corrected chi connectivity index (χ2v) is 7.68. The number of ether oxygens (including phenoxy) is 1. The first kappa shape index (κ1) is 21.8. The van der Waals surface area contributed by atoms with Crippen LogP contribution in [0.3, 0.4) is 0 Å². The van der Waals surface area contributed by atoms with Gasteiger partial charge in [0.1, 0.15) is 36.4 Å². The van der Waals surface area contributed by atoms with E-state index in [-0.39, 0.29) is 6.61 Å². The molecule has 30 heavy (non-hydrogen) atoms. The number of halogens is 1. The van der Waals surface area contributed by atoms with Crippen molar-refractivity contribution in [1.29, 1.82) is 0 Å². The Labute approximate surface area is 181 Å². The second-order valence-electron chi connectivity index (χ2n) is 7.27. The summed E-state index contributed by atoms with van der Waals surface area (Å²) >= 11 is 6.25. The molecule has 3 N–H and O–H groups in total. The molecular formula is C22H26ClN5O2.